The fourth-order valence-electron chi connectivity index (χ4n) is 6.21. The molecule has 1 spiro atoms. The number of hydrogen-bond acceptors (Lipinski definition) is 3. The number of Topliss-reactive ketones (excluding diaryl/α,β-unsaturated/α-hetero) is 1. The normalized spacial score (nSPS) is 38.2. The topological polar surface area (TPSA) is 46.6 Å². The second-order valence-corrected chi connectivity index (χ2v) is 10.2. The van der Waals surface area contributed by atoms with Crippen LogP contribution in [0.25, 0.3) is 0 Å². The molecule has 4 nitrogen and oxygen atoms in total. The SMILES string of the molecule is COC(=O)N1CC(C)CC2(C1)C(C)CC(C)C(=O)C(C)(C)CC2(C)C. The number of ether oxygens (including phenoxy) is 1. The van der Waals surface area contributed by atoms with Crippen molar-refractivity contribution in [1.82, 2.24) is 4.90 Å². The number of carbonyl (C=O) groups excluding carboxylic acids is 2. The van der Waals surface area contributed by atoms with Crippen LogP contribution in [0.3, 0.4) is 0 Å². The molecule has 0 aromatic heterocycles. The van der Waals surface area contributed by atoms with Crippen molar-refractivity contribution in [3.63, 3.8) is 0 Å². The lowest BCUT2D eigenvalue weighted by molar-refractivity contribution is -0.146. The highest BCUT2D eigenvalue weighted by atomic mass is 16.5. The van der Waals surface area contributed by atoms with Gasteiger partial charge < -0.3 is 9.64 Å². The van der Waals surface area contributed by atoms with E-state index in [9.17, 15) is 9.59 Å². The van der Waals surface area contributed by atoms with Crippen LogP contribution in [-0.2, 0) is 9.53 Å². The van der Waals surface area contributed by atoms with E-state index in [4.69, 9.17) is 4.74 Å². The summed E-state index contributed by atoms with van der Waals surface area (Å²) in [6, 6.07) is 0. The van der Waals surface area contributed by atoms with Gasteiger partial charge in [-0.15, -0.1) is 0 Å². The van der Waals surface area contributed by atoms with Gasteiger partial charge in [-0.2, -0.15) is 0 Å². The van der Waals surface area contributed by atoms with E-state index in [0.29, 0.717) is 17.6 Å². The van der Waals surface area contributed by atoms with E-state index >= 15 is 0 Å². The van der Waals surface area contributed by atoms with Gasteiger partial charge in [0, 0.05) is 24.4 Å². The van der Waals surface area contributed by atoms with Gasteiger partial charge >= 0.3 is 6.09 Å². The molecule has 2 fully saturated rings. The number of ketones is 1. The molecule has 1 saturated carbocycles. The fraction of sp³-hybridized carbons (Fsp3) is 0.905. The number of piperidine rings is 1. The van der Waals surface area contributed by atoms with Crippen molar-refractivity contribution >= 4 is 11.9 Å². The Bertz CT molecular complexity index is 539. The van der Waals surface area contributed by atoms with Crippen LogP contribution < -0.4 is 0 Å². The predicted octanol–water partition coefficient (Wildman–Crippen LogP) is 4.77. The molecule has 1 aliphatic heterocycles. The molecule has 4 atom stereocenters. The van der Waals surface area contributed by atoms with Crippen LogP contribution in [0.15, 0.2) is 0 Å². The van der Waals surface area contributed by atoms with Crippen molar-refractivity contribution in [2.24, 2.45) is 34.0 Å². The Kier molecular flexibility index (Phi) is 5.34. The fourth-order valence-corrected chi connectivity index (χ4v) is 6.21. The molecule has 0 aromatic carbocycles. The van der Waals surface area contributed by atoms with Gasteiger partial charge in [0.25, 0.3) is 0 Å². The van der Waals surface area contributed by atoms with E-state index in [2.05, 4.69) is 48.5 Å². The third-order valence-corrected chi connectivity index (χ3v) is 7.15. The minimum absolute atomic E-state index is 0.00505. The molecule has 1 aliphatic carbocycles. The first-order valence-corrected chi connectivity index (χ1v) is 9.73. The van der Waals surface area contributed by atoms with E-state index in [1.54, 1.807) is 0 Å². The largest absolute Gasteiger partial charge is 0.453 e. The molecule has 0 aromatic rings. The minimum Gasteiger partial charge on any atom is -0.453 e. The molecule has 1 heterocycles. The molecule has 0 bridgehead atoms. The van der Waals surface area contributed by atoms with Gasteiger partial charge in [-0.05, 0) is 41.9 Å². The number of nitrogens with zero attached hydrogens (tertiary/aromatic N) is 1. The van der Waals surface area contributed by atoms with Crippen molar-refractivity contribution in [2.75, 3.05) is 20.2 Å². The summed E-state index contributed by atoms with van der Waals surface area (Å²) in [6.45, 7) is 16.9. The van der Waals surface area contributed by atoms with Crippen LogP contribution in [-0.4, -0.2) is 37.0 Å². The first kappa shape index (κ1) is 20.3. The number of hydrogen-bond donors (Lipinski definition) is 0. The van der Waals surface area contributed by atoms with Crippen LogP contribution in [0.5, 0.6) is 0 Å². The van der Waals surface area contributed by atoms with Gasteiger partial charge in [-0.3, -0.25) is 4.79 Å². The summed E-state index contributed by atoms with van der Waals surface area (Å²) in [5.74, 6) is 1.27. The number of likely N-dealkylation sites (tertiary alicyclic amines) is 1. The summed E-state index contributed by atoms with van der Waals surface area (Å²) in [5, 5.41) is 0. The zero-order valence-electron chi connectivity index (χ0n) is 17.4. The molecule has 1 amide bonds. The van der Waals surface area contributed by atoms with E-state index in [-0.39, 0.29) is 28.3 Å². The molecule has 2 aliphatic rings. The highest BCUT2D eigenvalue weighted by molar-refractivity contribution is 5.86. The smallest absolute Gasteiger partial charge is 0.409 e. The van der Waals surface area contributed by atoms with Gasteiger partial charge in [0.2, 0.25) is 0 Å². The van der Waals surface area contributed by atoms with Crippen LogP contribution in [0, 0.1) is 34.0 Å². The number of amides is 1. The standard InChI is InChI=1S/C21H37NO3/c1-14-10-21(13-22(11-14)18(24)25-8)16(3)9-15(2)17(23)19(4,5)12-20(21,6)7/h14-16H,9-13H2,1-8H3. The van der Waals surface area contributed by atoms with Crippen LogP contribution in [0.2, 0.25) is 0 Å². The summed E-state index contributed by atoms with van der Waals surface area (Å²) >= 11 is 0. The molecule has 4 heteroatoms. The zero-order chi connectivity index (χ0) is 19.2. The van der Waals surface area contributed by atoms with Crippen LogP contribution in [0.4, 0.5) is 4.79 Å². The van der Waals surface area contributed by atoms with E-state index in [1.807, 2.05) is 4.90 Å². The molecule has 25 heavy (non-hydrogen) atoms. The van der Waals surface area contributed by atoms with Gasteiger partial charge in [-0.25, -0.2) is 4.79 Å². The van der Waals surface area contributed by atoms with E-state index in [1.165, 1.54) is 7.11 Å². The van der Waals surface area contributed by atoms with E-state index in [0.717, 1.165) is 32.4 Å². The second-order valence-electron chi connectivity index (χ2n) is 10.2. The quantitative estimate of drug-likeness (QED) is 0.631. The Hall–Kier alpha value is -1.06. The van der Waals surface area contributed by atoms with Gasteiger partial charge in [0.1, 0.15) is 5.78 Å². The van der Waals surface area contributed by atoms with Crippen molar-refractivity contribution in [2.45, 2.75) is 67.7 Å². The maximum Gasteiger partial charge on any atom is 0.409 e. The number of rotatable bonds is 0. The maximum absolute atomic E-state index is 12.9. The third-order valence-electron chi connectivity index (χ3n) is 7.15. The highest BCUT2D eigenvalue weighted by Gasteiger charge is 2.56. The molecule has 0 radical (unpaired) electrons. The average molecular weight is 352 g/mol. The average Bonchev–Trinajstić information content (AvgIpc) is 2.50. The predicted molar refractivity (Wildman–Crippen MR) is 100 cm³/mol. The molecular formula is C21H37NO3. The Morgan fingerprint density at radius 2 is 1.76 bits per heavy atom. The van der Waals surface area contributed by atoms with Gasteiger partial charge in [0.05, 0.1) is 7.11 Å². The molecule has 4 unspecified atom stereocenters. The number of carbonyl (C=O) groups is 2. The Morgan fingerprint density at radius 1 is 1.16 bits per heavy atom. The van der Waals surface area contributed by atoms with Crippen molar-refractivity contribution in [1.29, 1.82) is 0 Å². The van der Waals surface area contributed by atoms with E-state index < -0.39 is 0 Å². The Labute approximate surface area is 153 Å². The highest BCUT2D eigenvalue weighted by Crippen LogP contribution is 2.59. The maximum atomic E-state index is 12.9. The summed E-state index contributed by atoms with van der Waals surface area (Å²) in [6.07, 6.45) is 2.63. The van der Waals surface area contributed by atoms with Crippen molar-refractivity contribution in [3.8, 4) is 0 Å². The molecule has 144 valence electrons. The van der Waals surface area contributed by atoms with Crippen molar-refractivity contribution < 1.29 is 14.3 Å². The van der Waals surface area contributed by atoms with Gasteiger partial charge in [-0.1, -0.05) is 48.5 Å². The molecule has 1 saturated heterocycles. The molecule has 0 N–H and O–H groups in total. The Balaban J connectivity index is 2.50. The zero-order valence-corrected chi connectivity index (χ0v) is 17.4. The number of methoxy groups -OCH3 is 1. The first-order valence-electron chi connectivity index (χ1n) is 9.73. The lowest BCUT2D eigenvalue weighted by Crippen LogP contribution is -2.60. The van der Waals surface area contributed by atoms with Crippen LogP contribution in [0.1, 0.15) is 67.7 Å². The van der Waals surface area contributed by atoms with Crippen LogP contribution >= 0.6 is 0 Å². The minimum atomic E-state index is -0.327. The molecular weight excluding hydrogens is 314 g/mol. The summed E-state index contributed by atoms with van der Waals surface area (Å²) < 4.78 is 5.04. The van der Waals surface area contributed by atoms with Gasteiger partial charge in [0.15, 0.2) is 0 Å². The monoisotopic (exact) mass is 351 g/mol. The summed E-state index contributed by atoms with van der Waals surface area (Å²) in [5.41, 5.74) is -0.357. The molecule has 2 rings (SSSR count). The second kappa shape index (κ2) is 6.59. The van der Waals surface area contributed by atoms with Crippen molar-refractivity contribution in [3.05, 3.63) is 0 Å². The summed E-state index contributed by atoms with van der Waals surface area (Å²) in [7, 11) is 1.46. The third kappa shape index (κ3) is 3.46. The summed E-state index contributed by atoms with van der Waals surface area (Å²) in [4.78, 5) is 27.1. The lowest BCUT2D eigenvalue weighted by atomic mass is 9.48. The lowest BCUT2D eigenvalue weighted by Gasteiger charge is -2.59. The first-order chi connectivity index (χ1) is 11.4. The Morgan fingerprint density at radius 3 is 2.32 bits per heavy atom.